The van der Waals surface area contributed by atoms with Gasteiger partial charge in [0.25, 0.3) is 10.0 Å². The summed E-state index contributed by atoms with van der Waals surface area (Å²) >= 11 is 1.50. The van der Waals surface area contributed by atoms with Crippen molar-refractivity contribution in [1.82, 2.24) is 4.98 Å². The van der Waals surface area contributed by atoms with Gasteiger partial charge in [-0.3, -0.25) is 4.72 Å². The van der Waals surface area contributed by atoms with Crippen LogP contribution in [0, 0.1) is 12.7 Å². The van der Waals surface area contributed by atoms with E-state index < -0.39 is 15.8 Å². The first-order valence-electron chi connectivity index (χ1n) is 8.12. The van der Waals surface area contributed by atoms with Crippen molar-refractivity contribution in [3.8, 4) is 11.3 Å². The van der Waals surface area contributed by atoms with Gasteiger partial charge in [-0.1, -0.05) is 38.1 Å². The molecule has 0 aliphatic heterocycles. The molecule has 7 heteroatoms. The van der Waals surface area contributed by atoms with E-state index in [-0.39, 0.29) is 16.5 Å². The summed E-state index contributed by atoms with van der Waals surface area (Å²) < 4.78 is 42.2. The maximum Gasteiger partial charge on any atom is 0.262 e. The number of aryl methyl sites for hydroxylation is 1. The van der Waals surface area contributed by atoms with Gasteiger partial charge in [-0.25, -0.2) is 17.8 Å². The van der Waals surface area contributed by atoms with E-state index in [9.17, 15) is 12.8 Å². The summed E-state index contributed by atoms with van der Waals surface area (Å²) in [6, 6.07) is 11.0. The Morgan fingerprint density at radius 1 is 1.15 bits per heavy atom. The first-order chi connectivity index (χ1) is 12.3. The number of nitrogens with zero attached hydrogens (tertiary/aromatic N) is 1. The number of thiazole rings is 1. The molecule has 0 atom stereocenters. The highest BCUT2D eigenvalue weighted by atomic mass is 32.2. The highest BCUT2D eigenvalue weighted by Crippen LogP contribution is 2.31. The van der Waals surface area contributed by atoms with Crippen LogP contribution in [-0.4, -0.2) is 13.4 Å². The number of hydrogen-bond acceptors (Lipinski definition) is 4. The van der Waals surface area contributed by atoms with Gasteiger partial charge in [0.1, 0.15) is 5.82 Å². The van der Waals surface area contributed by atoms with E-state index in [1.807, 2.05) is 32.2 Å². The van der Waals surface area contributed by atoms with E-state index in [2.05, 4.69) is 9.71 Å². The minimum atomic E-state index is -3.95. The fraction of sp³-hybridized carbons (Fsp3) is 0.211. The fourth-order valence-corrected chi connectivity index (χ4v) is 4.73. The van der Waals surface area contributed by atoms with E-state index in [4.69, 9.17) is 0 Å². The molecule has 1 aromatic heterocycles. The molecule has 0 spiro atoms. The number of benzene rings is 2. The van der Waals surface area contributed by atoms with Crippen molar-refractivity contribution in [2.24, 2.45) is 0 Å². The maximum atomic E-state index is 13.9. The predicted molar refractivity (Wildman–Crippen MR) is 104 cm³/mol. The number of halogens is 1. The number of para-hydroxylation sites is 1. The second-order valence-corrected chi connectivity index (χ2v) is 8.96. The van der Waals surface area contributed by atoms with Crippen LogP contribution < -0.4 is 4.72 Å². The number of anilines is 1. The summed E-state index contributed by atoms with van der Waals surface area (Å²) in [7, 11) is -3.95. The average molecular weight is 391 g/mol. The van der Waals surface area contributed by atoms with E-state index in [1.54, 1.807) is 18.2 Å². The van der Waals surface area contributed by atoms with Crippen molar-refractivity contribution in [1.29, 1.82) is 0 Å². The summed E-state index contributed by atoms with van der Waals surface area (Å²) in [5.74, 6) is -0.623. The molecule has 0 fully saturated rings. The van der Waals surface area contributed by atoms with Gasteiger partial charge >= 0.3 is 0 Å². The Morgan fingerprint density at radius 3 is 2.50 bits per heavy atom. The molecule has 0 aliphatic rings. The second-order valence-electron chi connectivity index (χ2n) is 6.24. The molecule has 2 aromatic carbocycles. The SMILES string of the molecule is Cc1nc(-c2ccc(C(C)C)c(S(=O)(=O)Nc3ccccc3F)c2)cs1. The van der Waals surface area contributed by atoms with Gasteiger partial charge in [-0.2, -0.15) is 0 Å². The topological polar surface area (TPSA) is 59.1 Å². The Hall–Kier alpha value is -2.25. The number of hydrogen-bond donors (Lipinski definition) is 1. The number of nitrogens with one attached hydrogen (secondary N) is 1. The molecule has 0 radical (unpaired) electrons. The fourth-order valence-electron chi connectivity index (χ4n) is 2.64. The van der Waals surface area contributed by atoms with Crippen LogP contribution in [0.4, 0.5) is 10.1 Å². The van der Waals surface area contributed by atoms with Crippen molar-refractivity contribution >= 4 is 27.0 Å². The molecule has 26 heavy (non-hydrogen) atoms. The molecule has 4 nitrogen and oxygen atoms in total. The van der Waals surface area contributed by atoms with E-state index in [1.165, 1.54) is 29.5 Å². The van der Waals surface area contributed by atoms with Crippen LogP contribution in [0.5, 0.6) is 0 Å². The minimum Gasteiger partial charge on any atom is -0.277 e. The van der Waals surface area contributed by atoms with Crippen molar-refractivity contribution in [2.45, 2.75) is 31.6 Å². The van der Waals surface area contributed by atoms with Gasteiger partial charge in [0.15, 0.2) is 0 Å². The molecule has 0 amide bonds. The van der Waals surface area contributed by atoms with Crippen LogP contribution in [0.25, 0.3) is 11.3 Å². The van der Waals surface area contributed by atoms with Crippen LogP contribution in [0.3, 0.4) is 0 Å². The Labute approximate surface area is 156 Å². The zero-order valence-electron chi connectivity index (χ0n) is 14.7. The largest absolute Gasteiger partial charge is 0.277 e. The molecule has 3 aromatic rings. The van der Waals surface area contributed by atoms with Gasteiger partial charge in [-0.15, -0.1) is 11.3 Å². The van der Waals surface area contributed by atoms with Crippen molar-refractivity contribution in [3.05, 3.63) is 64.2 Å². The second kappa shape index (κ2) is 7.17. The number of rotatable bonds is 5. The standard InChI is InChI=1S/C19H19FN2O2S2/c1-12(2)15-9-8-14(18-11-25-13(3)21-18)10-19(15)26(23,24)22-17-7-5-4-6-16(17)20/h4-12,22H,1-3H3. The molecule has 0 aliphatic carbocycles. The van der Waals surface area contributed by atoms with Crippen LogP contribution in [0.2, 0.25) is 0 Å². The molecule has 1 heterocycles. The highest BCUT2D eigenvalue weighted by Gasteiger charge is 2.22. The Bertz CT molecular complexity index is 1040. The Morgan fingerprint density at radius 2 is 1.88 bits per heavy atom. The lowest BCUT2D eigenvalue weighted by atomic mass is 10.0. The molecule has 3 rings (SSSR count). The third-order valence-electron chi connectivity index (χ3n) is 3.96. The van der Waals surface area contributed by atoms with Crippen LogP contribution in [0.15, 0.2) is 52.7 Å². The molecule has 0 unspecified atom stereocenters. The van der Waals surface area contributed by atoms with Crippen LogP contribution in [0.1, 0.15) is 30.3 Å². The van der Waals surface area contributed by atoms with Gasteiger partial charge < -0.3 is 0 Å². The van der Waals surface area contributed by atoms with Gasteiger partial charge in [0, 0.05) is 10.9 Å². The van der Waals surface area contributed by atoms with Gasteiger partial charge in [-0.05, 0) is 36.6 Å². The minimum absolute atomic E-state index is 0.00610. The molecule has 136 valence electrons. The first-order valence-corrected chi connectivity index (χ1v) is 10.5. The maximum absolute atomic E-state index is 13.9. The Balaban J connectivity index is 2.10. The molecule has 1 N–H and O–H groups in total. The molecule has 0 bridgehead atoms. The molecular weight excluding hydrogens is 371 g/mol. The summed E-state index contributed by atoms with van der Waals surface area (Å²) in [6.07, 6.45) is 0. The summed E-state index contributed by atoms with van der Waals surface area (Å²) in [6.45, 7) is 5.74. The summed E-state index contributed by atoms with van der Waals surface area (Å²) in [5, 5.41) is 2.79. The van der Waals surface area contributed by atoms with Crippen molar-refractivity contribution in [3.63, 3.8) is 0 Å². The predicted octanol–water partition coefficient (Wildman–Crippen LogP) is 5.18. The molecular formula is C19H19FN2O2S2. The number of aromatic nitrogens is 1. The normalized spacial score (nSPS) is 11.7. The van der Waals surface area contributed by atoms with Crippen LogP contribution in [-0.2, 0) is 10.0 Å². The quantitative estimate of drug-likeness (QED) is 0.653. The number of sulfonamides is 1. The third-order valence-corrected chi connectivity index (χ3v) is 6.15. The zero-order chi connectivity index (χ0) is 18.9. The first kappa shape index (κ1) is 18.5. The lowest BCUT2D eigenvalue weighted by Crippen LogP contribution is -2.16. The lowest BCUT2D eigenvalue weighted by molar-refractivity contribution is 0.596. The van der Waals surface area contributed by atoms with Gasteiger partial charge in [0.05, 0.1) is 21.3 Å². The Kier molecular flexibility index (Phi) is 5.11. The summed E-state index contributed by atoms with van der Waals surface area (Å²) in [5.41, 5.74) is 2.04. The zero-order valence-corrected chi connectivity index (χ0v) is 16.3. The van der Waals surface area contributed by atoms with Crippen LogP contribution >= 0.6 is 11.3 Å². The average Bonchev–Trinajstić information content (AvgIpc) is 3.02. The smallest absolute Gasteiger partial charge is 0.262 e. The molecule has 0 saturated carbocycles. The van der Waals surface area contributed by atoms with E-state index >= 15 is 0 Å². The van der Waals surface area contributed by atoms with E-state index in [0.717, 1.165) is 10.7 Å². The van der Waals surface area contributed by atoms with Crippen molar-refractivity contribution < 1.29 is 12.8 Å². The van der Waals surface area contributed by atoms with Gasteiger partial charge in [0.2, 0.25) is 0 Å². The lowest BCUT2D eigenvalue weighted by Gasteiger charge is -2.16. The monoisotopic (exact) mass is 390 g/mol. The molecule has 0 saturated heterocycles. The van der Waals surface area contributed by atoms with Crippen molar-refractivity contribution in [2.75, 3.05) is 4.72 Å². The third kappa shape index (κ3) is 3.78. The van der Waals surface area contributed by atoms with E-state index in [0.29, 0.717) is 11.1 Å². The summed E-state index contributed by atoms with van der Waals surface area (Å²) in [4.78, 5) is 4.56. The highest BCUT2D eigenvalue weighted by molar-refractivity contribution is 7.92.